The van der Waals surface area contributed by atoms with Crippen molar-refractivity contribution in [1.29, 1.82) is 0 Å². The van der Waals surface area contributed by atoms with Crippen LogP contribution in [0.1, 0.15) is 12.0 Å². The summed E-state index contributed by atoms with van der Waals surface area (Å²) < 4.78 is 24.9. The number of hydrogen-bond donors (Lipinski definition) is 1. The first kappa shape index (κ1) is 16.4. The third kappa shape index (κ3) is 5.50. The van der Waals surface area contributed by atoms with E-state index in [1.807, 2.05) is 30.3 Å². The van der Waals surface area contributed by atoms with Gasteiger partial charge in [0.1, 0.15) is 0 Å². The number of halogens is 1. The fraction of sp³-hybridized carbons (Fsp3) is 0.455. The lowest BCUT2D eigenvalue weighted by Crippen LogP contribution is -2.29. The summed E-state index contributed by atoms with van der Waals surface area (Å²) in [7, 11) is -1.57. The molecule has 98 valence electrons. The molecule has 4 nitrogen and oxygen atoms in total. The Balaban J connectivity index is 0.00000256. The van der Waals surface area contributed by atoms with E-state index in [2.05, 4.69) is 0 Å². The van der Waals surface area contributed by atoms with Crippen molar-refractivity contribution < 1.29 is 8.42 Å². The molecule has 0 aliphatic carbocycles. The highest BCUT2D eigenvalue weighted by Crippen LogP contribution is 2.07. The van der Waals surface area contributed by atoms with Crippen molar-refractivity contribution in [2.24, 2.45) is 5.73 Å². The van der Waals surface area contributed by atoms with Crippen LogP contribution in [0.5, 0.6) is 0 Å². The van der Waals surface area contributed by atoms with Gasteiger partial charge < -0.3 is 5.73 Å². The lowest BCUT2D eigenvalue weighted by atomic mass is 10.2. The molecule has 2 N–H and O–H groups in total. The first-order valence-corrected chi connectivity index (χ1v) is 6.85. The van der Waals surface area contributed by atoms with Crippen molar-refractivity contribution in [3.8, 4) is 0 Å². The van der Waals surface area contributed by atoms with E-state index in [1.165, 1.54) is 4.31 Å². The van der Waals surface area contributed by atoms with E-state index in [1.54, 1.807) is 7.05 Å². The average Bonchev–Trinajstić information content (AvgIpc) is 2.28. The van der Waals surface area contributed by atoms with Crippen LogP contribution in [0.4, 0.5) is 0 Å². The van der Waals surface area contributed by atoms with Crippen LogP contribution in [-0.2, 0) is 16.6 Å². The lowest BCUT2D eigenvalue weighted by molar-refractivity contribution is 0.465. The van der Waals surface area contributed by atoms with Crippen LogP contribution in [0.15, 0.2) is 30.3 Å². The summed E-state index contributed by atoms with van der Waals surface area (Å²) in [6.07, 6.45) is 0.501. The van der Waals surface area contributed by atoms with Crippen molar-refractivity contribution in [2.45, 2.75) is 13.0 Å². The molecule has 0 unspecified atom stereocenters. The Morgan fingerprint density at radius 1 is 1.24 bits per heavy atom. The quantitative estimate of drug-likeness (QED) is 0.851. The van der Waals surface area contributed by atoms with Crippen LogP contribution in [0.25, 0.3) is 0 Å². The number of hydrogen-bond acceptors (Lipinski definition) is 3. The predicted octanol–water partition coefficient (Wildman–Crippen LogP) is 1.22. The predicted molar refractivity (Wildman–Crippen MR) is 72.6 cm³/mol. The molecule has 0 spiro atoms. The Labute approximate surface area is 109 Å². The molecule has 0 aliphatic heterocycles. The topological polar surface area (TPSA) is 63.4 Å². The molecule has 0 radical (unpaired) electrons. The summed E-state index contributed by atoms with van der Waals surface area (Å²) in [6.45, 7) is 0.812. The van der Waals surface area contributed by atoms with Gasteiger partial charge in [0, 0.05) is 13.6 Å². The first-order valence-electron chi connectivity index (χ1n) is 5.24. The molecule has 0 bridgehead atoms. The molecule has 0 saturated heterocycles. The normalized spacial score (nSPS) is 11.2. The molecule has 6 heteroatoms. The second kappa shape index (κ2) is 7.66. The van der Waals surface area contributed by atoms with Gasteiger partial charge in [0.05, 0.1) is 5.75 Å². The minimum absolute atomic E-state index is 0. The van der Waals surface area contributed by atoms with Gasteiger partial charge in [0.25, 0.3) is 0 Å². The van der Waals surface area contributed by atoms with Crippen molar-refractivity contribution >= 4 is 22.4 Å². The molecule has 17 heavy (non-hydrogen) atoms. The highest BCUT2D eigenvalue weighted by molar-refractivity contribution is 7.89. The summed E-state index contributed by atoms with van der Waals surface area (Å²) in [5, 5.41) is 0. The Morgan fingerprint density at radius 2 is 1.82 bits per heavy atom. The van der Waals surface area contributed by atoms with E-state index >= 15 is 0 Å². The van der Waals surface area contributed by atoms with Crippen molar-refractivity contribution in [3.63, 3.8) is 0 Å². The highest BCUT2D eigenvalue weighted by atomic mass is 35.5. The molecular weight excluding hydrogens is 260 g/mol. The fourth-order valence-electron chi connectivity index (χ4n) is 1.36. The SMILES string of the molecule is CN(Cc1ccccc1)S(=O)(=O)CCCN.Cl. The van der Waals surface area contributed by atoms with E-state index < -0.39 is 10.0 Å². The summed E-state index contributed by atoms with van der Waals surface area (Å²) in [5.74, 6) is 0.118. The van der Waals surface area contributed by atoms with Gasteiger partial charge in [-0.15, -0.1) is 12.4 Å². The average molecular weight is 279 g/mol. The Hall–Kier alpha value is -0.620. The Morgan fingerprint density at radius 3 is 2.35 bits per heavy atom. The van der Waals surface area contributed by atoms with Gasteiger partial charge in [0.2, 0.25) is 10.0 Å². The van der Waals surface area contributed by atoms with Crippen LogP contribution in [-0.4, -0.2) is 32.1 Å². The molecule has 0 saturated carbocycles. The third-order valence-corrected chi connectivity index (χ3v) is 4.21. The van der Waals surface area contributed by atoms with Crippen molar-refractivity contribution in [2.75, 3.05) is 19.3 Å². The summed E-state index contributed by atoms with van der Waals surface area (Å²) in [5.41, 5.74) is 6.29. The zero-order valence-electron chi connectivity index (χ0n) is 9.87. The second-order valence-corrected chi connectivity index (χ2v) is 5.90. The number of sulfonamides is 1. The molecule has 1 aromatic carbocycles. The van der Waals surface area contributed by atoms with E-state index in [0.29, 0.717) is 19.5 Å². The largest absolute Gasteiger partial charge is 0.330 e. The maximum absolute atomic E-state index is 11.8. The smallest absolute Gasteiger partial charge is 0.214 e. The highest BCUT2D eigenvalue weighted by Gasteiger charge is 2.16. The minimum atomic E-state index is -3.17. The molecule has 0 aromatic heterocycles. The van der Waals surface area contributed by atoms with Crippen LogP contribution < -0.4 is 5.73 Å². The molecule has 0 fully saturated rings. The monoisotopic (exact) mass is 278 g/mol. The number of benzene rings is 1. The van der Waals surface area contributed by atoms with Gasteiger partial charge in [-0.05, 0) is 18.5 Å². The second-order valence-electron chi connectivity index (χ2n) is 3.70. The molecule has 0 amide bonds. The molecule has 1 rings (SSSR count). The van der Waals surface area contributed by atoms with E-state index in [-0.39, 0.29) is 18.2 Å². The Kier molecular flexibility index (Phi) is 7.38. The Bertz CT molecular complexity index is 409. The van der Waals surface area contributed by atoms with E-state index in [4.69, 9.17) is 5.73 Å². The van der Waals surface area contributed by atoms with Gasteiger partial charge in [-0.25, -0.2) is 12.7 Å². The molecule has 0 atom stereocenters. The van der Waals surface area contributed by atoms with E-state index in [0.717, 1.165) is 5.56 Å². The maximum Gasteiger partial charge on any atom is 0.214 e. The van der Waals surface area contributed by atoms with Gasteiger partial charge in [-0.1, -0.05) is 30.3 Å². The zero-order valence-corrected chi connectivity index (χ0v) is 11.5. The van der Waals surface area contributed by atoms with Crippen LogP contribution in [0.2, 0.25) is 0 Å². The van der Waals surface area contributed by atoms with Crippen molar-refractivity contribution in [3.05, 3.63) is 35.9 Å². The van der Waals surface area contributed by atoms with Gasteiger partial charge in [0.15, 0.2) is 0 Å². The standard InChI is InChI=1S/C11H18N2O2S.ClH/c1-13(16(14,15)9-5-8-12)10-11-6-3-2-4-7-11;/h2-4,6-7H,5,8-10,12H2,1H3;1H. The van der Waals surface area contributed by atoms with Crippen molar-refractivity contribution in [1.82, 2.24) is 4.31 Å². The van der Waals surface area contributed by atoms with E-state index in [9.17, 15) is 8.42 Å². The summed E-state index contributed by atoms with van der Waals surface area (Å²) in [4.78, 5) is 0. The van der Waals surface area contributed by atoms with Crippen LogP contribution in [0.3, 0.4) is 0 Å². The van der Waals surface area contributed by atoms with Gasteiger partial charge in [-0.2, -0.15) is 0 Å². The number of nitrogens with zero attached hydrogens (tertiary/aromatic N) is 1. The minimum Gasteiger partial charge on any atom is -0.330 e. The van der Waals surface area contributed by atoms with Gasteiger partial charge in [-0.3, -0.25) is 0 Å². The number of rotatable bonds is 6. The number of nitrogens with two attached hydrogens (primary N) is 1. The lowest BCUT2D eigenvalue weighted by Gasteiger charge is -2.16. The maximum atomic E-state index is 11.8. The summed E-state index contributed by atoms with van der Waals surface area (Å²) in [6, 6.07) is 9.53. The molecule has 1 aromatic rings. The molecular formula is C11H19ClN2O2S. The third-order valence-electron chi connectivity index (χ3n) is 2.33. The van der Waals surface area contributed by atoms with Gasteiger partial charge >= 0.3 is 0 Å². The van der Waals surface area contributed by atoms with Crippen LogP contribution in [0, 0.1) is 0 Å². The summed E-state index contributed by atoms with van der Waals surface area (Å²) >= 11 is 0. The zero-order chi connectivity index (χ0) is 12.0. The fourth-order valence-corrected chi connectivity index (χ4v) is 2.55. The molecule has 0 aliphatic rings. The first-order chi connectivity index (χ1) is 7.56. The molecule has 0 heterocycles. The van der Waals surface area contributed by atoms with Crippen LogP contribution >= 0.6 is 12.4 Å².